The molecule has 0 aliphatic carbocycles. The Morgan fingerprint density at radius 1 is 1.29 bits per heavy atom. The van der Waals surface area contributed by atoms with Crippen molar-refractivity contribution in [3.8, 4) is 0 Å². The summed E-state index contributed by atoms with van der Waals surface area (Å²) in [6, 6.07) is 4.15. The molecule has 74 valence electrons. The van der Waals surface area contributed by atoms with Gasteiger partial charge in [0.1, 0.15) is 6.29 Å². The molecule has 0 amide bonds. The van der Waals surface area contributed by atoms with Crippen molar-refractivity contribution in [2.45, 2.75) is 20.3 Å². The number of hydrogen-bond donors (Lipinski definition) is 0. The standard InChI is InChI=1S/C12H13BrO/c1-9-7-11(13)8-10(2)12(9)5-3-4-6-14/h3,5-8H,4H2,1-2H3. The zero-order valence-corrected chi connectivity index (χ0v) is 9.97. The van der Waals surface area contributed by atoms with E-state index in [1.54, 1.807) is 0 Å². The van der Waals surface area contributed by atoms with E-state index in [2.05, 4.69) is 41.9 Å². The smallest absolute Gasteiger partial charge is 0.123 e. The summed E-state index contributed by atoms with van der Waals surface area (Å²) in [4.78, 5) is 10.2. The van der Waals surface area contributed by atoms with Gasteiger partial charge in [-0.3, -0.25) is 0 Å². The molecule has 0 fully saturated rings. The molecule has 14 heavy (non-hydrogen) atoms. The zero-order chi connectivity index (χ0) is 10.6. The molecular weight excluding hydrogens is 240 g/mol. The van der Waals surface area contributed by atoms with E-state index in [-0.39, 0.29) is 0 Å². The molecule has 0 N–H and O–H groups in total. The molecule has 0 aliphatic heterocycles. The fourth-order valence-electron chi connectivity index (χ4n) is 1.43. The lowest BCUT2D eigenvalue weighted by atomic mass is 10.0. The van der Waals surface area contributed by atoms with Crippen molar-refractivity contribution in [2.75, 3.05) is 0 Å². The van der Waals surface area contributed by atoms with Crippen LogP contribution >= 0.6 is 15.9 Å². The molecule has 0 spiro atoms. The number of carbonyl (C=O) groups excluding carboxylic acids is 1. The van der Waals surface area contributed by atoms with E-state index in [4.69, 9.17) is 0 Å². The molecule has 0 unspecified atom stereocenters. The van der Waals surface area contributed by atoms with Gasteiger partial charge in [-0.25, -0.2) is 0 Å². The molecule has 0 radical (unpaired) electrons. The molecule has 0 aromatic heterocycles. The number of aryl methyl sites for hydroxylation is 2. The van der Waals surface area contributed by atoms with Gasteiger partial charge in [-0.1, -0.05) is 28.1 Å². The van der Waals surface area contributed by atoms with E-state index in [9.17, 15) is 4.79 Å². The highest BCUT2D eigenvalue weighted by atomic mass is 79.9. The summed E-state index contributed by atoms with van der Waals surface area (Å²) in [7, 11) is 0. The highest BCUT2D eigenvalue weighted by molar-refractivity contribution is 9.10. The average molecular weight is 253 g/mol. The van der Waals surface area contributed by atoms with Crippen LogP contribution in [0.2, 0.25) is 0 Å². The Hall–Kier alpha value is -0.890. The van der Waals surface area contributed by atoms with Gasteiger partial charge in [0.05, 0.1) is 0 Å². The van der Waals surface area contributed by atoms with Gasteiger partial charge in [-0.05, 0) is 42.7 Å². The minimum Gasteiger partial charge on any atom is -0.303 e. The third-order valence-electron chi connectivity index (χ3n) is 2.08. The molecule has 0 atom stereocenters. The topological polar surface area (TPSA) is 17.1 Å². The third-order valence-corrected chi connectivity index (χ3v) is 2.53. The van der Waals surface area contributed by atoms with Crippen molar-refractivity contribution < 1.29 is 4.79 Å². The van der Waals surface area contributed by atoms with Crippen LogP contribution in [0.25, 0.3) is 6.08 Å². The van der Waals surface area contributed by atoms with Crippen LogP contribution in [0.1, 0.15) is 23.1 Å². The number of rotatable bonds is 3. The van der Waals surface area contributed by atoms with Gasteiger partial charge < -0.3 is 4.79 Å². The van der Waals surface area contributed by atoms with E-state index in [1.807, 2.05) is 12.2 Å². The van der Waals surface area contributed by atoms with Gasteiger partial charge in [0.25, 0.3) is 0 Å². The Labute approximate surface area is 93.0 Å². The number of aldehydes is 1. The second kappa shape index (κ2) is 5.11. The van der Waals surface area contributed by atoms with Crippen LogP contribution in [-0.4, -0.2) is 6.29 Å². The Morgan fingerprint density at radius 3 is 2.36 bits per heavy atom. The lowest BCUT2D eigenvalue weighted by molar-refractivity contribution is -0.107. The van der Waals surface area contributed by atoms with Crippen LogP contribution in [0.5, 0.6) is 0 Å². The highest BCUT2D eigenvalue weighted by Gasteiger charge is 2.00. The molecule has 1 rings (SSSR count). The van der Waals surface area contributed by atoms with E-state index >= 15 is 0 Å². The molecule has 0 saturated carbocycles. The van der Waals surface area contributed by atoms with Gasteiger partial charge in [0, 0.05) is 10.9 Å². The second-order valence-electron chi connectivity index (χ2n) is 3.26. The normalized spacial score (nSPS) is 10.8. The van der Waals surface area contributed by atoms with E-state index < -0.39 is 0 Å². The second-order valence-corrected chi connectivity index (χ2v) is 4.17. The van der Waals surface area contributed by atoms with Crippen LogP contribution in [-0.2, 0) is 4.79 Å². The molecule has 0 bridgehead atoms. The largest absolute Gasteiger partial charge is 0.303 e. The first-order valence-corrected chi connectivity index (χ1v) is 5.31. The van der Waals surface area contributed by atoms with Crippen LogP contribution in [0.15, 0.2) is 22.7 Å². The monoisotopic (exact) mass is 252 g/mol. The fraction of sp³-hybridized carbons (Fsp3) is 0.250. The quantitative estimate of drug-likeness (QED) is 0.751. The number of carbonyl (C=O) groups is 1. The Kier molecular flexibility index (Phi) is 4.08. The van der Waals surface area contributed by atoms with Crippen molar-refractivity contribution >= 4 is 28.3 Å². The predicted octanol–water partition coefficient (Wildman–Crippen LogP) is 3.67. The molecule has 1 nitrogen and oxygen atoms in total. The first kappa shape index (κ1) is 11.2. The molecule has 0 saturated heterocycles. The van der Waals surface area contributed by atoms with Crippen LogP contribution in [0, 0.1) is 13.8 Å². The lowest BCUT2D eigenvalue weighted by Crippen LogP contribution is -1.86. The van der Waals surface area contributed by atoms with Crippen molar-refractivity contribution in [1.82, 2.24) is 0 Å². The maximum Gasteiger partial charge on any atom is 0.123 e. The van der Waals surface area contributed by atoms with Crippen molar-refractivity contribution in [3.05, 3.63) is 39.4 Å². The van der Waals surface area contributed by atoms with Crippen LogP contribution < -0.4 is 0 Å². The van der Waals surface area contributed by atoms with Gasteiger partial charge in [0.15, 0.2) is 0 Å². The first-order chi connectivity index (χ1) is 6.65. The Bertz CT molecular complexity index is 344. The van der Waals surface area contributed by atoms with Gasteiger partial charge >= 0.3 is 0 Å². The number of allylic oxidation sites excluding steroid dienone is 1. The van der Waals surface area contributed by atoms with Crippen LogP contribution in [0.4, 0.5) is 0 Å². The summed E-state index contributed by atoms with van der Waals surface area (Å²) in [5.74, 6) is 0. The lowest BCUT2D eigenvalue weighted by Gasteiger charge is -2.05. The first-order valence-electron chi connectivity index (χ1n) is 4.52. The van der Waals surface area contributed by atoms with Gasteiger partial charge in [-0.15, -0.1) is 0 Å². The fourth-order valence-corrected chi connectivity index (χ4v) is 2.11. The van der Waals surface area contributed by atoms with E-state index in [1.165, 1.54) is 16.7 Å². The third kappa shape index (κ3) is 2.81. The van der Waals surface area contributed by atoms with Crippen molar-refractivity contribution in [1.29, 1.82) is 0 Å². The number of hydrogen-bond acceptors (Lipinski definition) is 1. The van der Waals surface area contributed by atoms with Crippen molar-refractivity contribution in [2.24, 2.45) is 0 Å². The highest BCUT2D eigenvalue weighted by Crippen LogP contribution is 2.21. The molecule has 1 aromatic carbocycles. The summed E-state index contributed by atoms with van der Waals surface area (Å²) in [5, 5.41) is 0. The summed E-state index contributed by atoms with van der Waals surface area (Å²) >= 11 is 3.45. The van der Waals surface area contributed by atoms with Crippen molar-refractivity contribution in [3.63, 3.8) is 0 Å². The summed E-state index contributed by atoms with van der Waals surface area (Å²) in [5.41, 5.74) is 3.65. The zero-order valence-electron chi connectivity index (χ0n) is 8.38. The average Bonchev–Trinajstić information content (AvgIpc) is 2.09. The molecule has 0 aliphatic rings. The molecule has 0 heterocycles. The minimum absolute atomic E-state index is 0.481. The SMILES string of the molecule is Cc1cc(Br)cc(C)c1C=CCC=O. The molecule has 1 aromatic rings. The Balaban J connectivity index is 3.02. The van der Waals surface area contributed by atoms with Crippen LogP contribution in [0.3, 0.4) is 0 Å². The summed E-state index contributed by atoms with van der Waals surface area (Å²) in [6.45, 7) is 4.14. The maximum absolute atomic E-state index is 10.2. The maximum atomic E-state index is 10.2. The van der Waals surface area contributed by atoms with Gasteiger partial charge in [0.2, 0.25) is 0 Å². The predicted molar refractivity (Wildman–Crippen MR) is 63.3 cm³/mol. The molecule has 2 heteroatoms. The minimum atomic E-state index is 0.481. The number of halogens is 1. The van der Waals surface area contributed by atoms with E-state index in [0.717, 1.165) is 10.8 Å². The summed E-state index contributed by atoms with van der Waals surface area (Å²) < 4.78 is 1.10. The van der Waals surface area contributed by atoms with E-state index in [0.29, 0.717) is 6.42 Å². The van der Waals surface area contributed by atoms with Gasteiger partial charge in [-0.2, -0.15) is 0 Å². The molecular formula is C12H13BrO. The Morgan fingerprint density at radius 2 is 1.86 bits per heavy atom. The summed E-state index contributed by atoms with van der Waals surface area (Å²) in [6.07, 6.45) is 5.27. The number of benzene rings is 1.